The molecule has 4 aromatic rings. The van der Waals surface area contributed by atoms with Crippen molar-refractivity contribution in [1.82, 2.24) is 14.1 Å². The summed E-state index contributed by atoms with van der Waals surface area (Å²) in [7, 11) is -0.973. The van der Waals surface area contributed by atoms with E-state index in [1.54, 1.807) is 37.2 Å². The highest BCUT2D eigenvalue weighted by molar-refractivity contribution is 7.89. The summed E-state index contributed by atoms with van der Waals surface area (Å²) in [4.78, 5) is 10.6. The van der Waals surface area contributed by atoms with Gasteiger partial charge < -0.3 is 14.2 Å². The summed E-state index contributed by atoms with van der Waals surface area (Å²) < 4.78 is 45.9. The molecule has 0 amide bonds. The molecule has 0 saturated carbocycles. The summed E-state index contributed by atoms with van der Waals surface area (Å²) in [5, 5.41) is 20.5. The van der Waals surface area contributed by atoms with E-state index in [4.69, 9.17) is 19.3 Å². The van der Waals surface area contributed by atoms with E-state index in [-0.39, 0.29) is 42.6 Å². The fraction of sp³-hybridized carbons (Fsp3) is 0.214. The van der Waals surface area contributed by atoms with Gasteiger partial charge in [0, 0.05) is 42.5 Å². The fourth-order valence-corrected chi connectivity index (χ4v) is 6.00. The Kier molecular flexibility index (Phi) is 8.47. The molecule has 0 aliphatic carbocycles. The lowest BCUT2D eigenvalue weighted by Crippen LogP contribution is -2.40. The van der Waals surface area contributed by atoms with E-state index in [0.717, 1.165) is 17.3 Å². The summed E-state index contributed by atoms with van der Waals surface area (Å²) in [6.07, 6.45) is 3.29. The molecule has 218 valence electrons. The molecule has 14 heteroatoms. The summed E-state index contributed by atoms with van der Waals surface area (Å²) in [5.41, 5.74) is 5.25. The van der Waals surface area contributed by atoms with Crippen LogP contribution >= 0.6 is 0 Å². The first-order valence-corrected chi connectivity index (χ1v) is 14.3. The number of nitrogens with one attached hydrogen (secondary N) is 1. The molecular weight excluding hydrogens is 564 g/mol. The van der Waals surface area contributed by atoms with Crippen LogP contribution in [-0.4, -0.2) is 74.2 Å². The predicted octanol–water partition coefficient (Wildman–Crippen LogP) is 3.93. The lowest BCUT2D eigenvalue weighted by molar-refractivity contribution is -0.385. The van der Waals surface area contributed by atoms with Crippen molar-refractivity contribution in [3.05, 3.63) is 88.6 Å². The average molecular weight is 593 g/mol. The fourth-order valence-electron chi connectivity index (χ4n) is 4.43. The van der Waals surface area contributed by atoms with Crippen LogP contribution < -0.4 is 14.9 Å². The van der Waals surface area contributed by atoms with Crippen molar-refractivity contribution < 1.29 is 27.6 Å². The Hall–Kier alpha value is -4.79. The van der Waals surface area contributed by atoms with Crippen molar-refractivity contribution in [2.75, 3.05) is 45.9 Å². The Labute approximate surface area is 242 Å². The third-order valence-electron chi connectivity index (χ3n) is 6.57. The Morgan fingerprint density at radius 3 is 2.45 bits per heavy atom. The lowest BCUT2D eigenvalue weighted by atomic mass is 10.1. The van der Waals surface area contributed by atoms with E-state index in [1.165, 1.54) is 22.7 Å². The normalized spacial score (nSPS) is 14.1. The van der Waals surface area contributed by atoms with Crippen molar-refractivity contribution in [1.29, 1.82) is 0 Å². The topological polar surface area (TPSA) is 150 Å². The molecule has 1 aliphatic heterocycles. The van der Waals surface area contributed by atoms with Gasteiger partial charge in [-0.3, -0.25) is 15.5 Å². The molecule has 0 unspecified atom stereocenters. The summed E-state index contributed by atoms with van der Waals surface area (Å²) in [6, 6.07) is 18.5. The zero-order chi connectivity index (χ0) is 29.7. The first kappa shape index (κ1) is 28.7. The van der Waals surface area contributed by atoms with Crippen LogP contribution in [0.4, 0.5) is 11.4 Å². The van der Waals surface area contributed by atoms with Crippen LogP contribution in [0, 0.1) is 10.1 Å². The number of non-ortho nitro benzene ring substituents is 1. The monoisotopic (exact) mass is 592 g/mol. The lowest BCUT2D eigenvalue weighted by Gasteiger charge is -2.26. The highest BCUT2D eigenvalue weighted by Crippen LogP contribution is 2.33. The van der Waals surface area contributed by atoms with E-state index >= 15 is 0 Å². The molecule has 0 radical (unpaired) electrons. The molecule has 0 bridgehead atoms. The minimum Gasteiger partial charge on any atom is -0.493 e. The van der Waals surface area contributed by atoms with Gasteiger partial charge in [0.25, 0.3) is 5.69 Å². The van der Waals surface area contributed by atoms with Crippen LogP contribution in [0.15, 0.2) is 82.9 Å². The molecule has 2 heterocycles. The molecule has 0 spiro atoms. The Bertz CT molecular complexity index is 1720. The molecule has 5 rings (SSSR count). The predicted molar refractivity (Wildman–Crippen MR) is 156 cm³/mol. The van der Waals surface area contributed by atoms with E-state index in [1.807, 2.05) is 36.4 Å². The van der Waals surface area contributed by atoms with Gasteiger partial charge in [-0.2, -0.15) is 14.5 Å². The maximum atomic E-state index is 13.4. The molecule has 3 aromatic carbocycles. The molecule has 1 aromatic heterocycles. The van der Waals surface area contributed by atoms with Gasteiger partial charge in [-0.1, -0.05) is 18.2 Å². The van der Waals surface area contributed by atoms with E-state index in [0.29, 0.717) is 22.8 Å². The standard InChI is InChI=1S/C28H28N6O7S/c1-39-25-11-8-20(16-26(25)40-2)28-21(19-33(31-28)22-6-4-3-5-7-22)18-29-30-24-10-9-23(34(35)36)17-27(24)42(37,38)32-12-14-41-15-13-32/h3-11,16-19,30H,12-15H2,1-2H3/b29-18+. The van der Waals surface area contributed by atoms with Gasteiger partial charge in [-0.25, -0.2) is 13.1 Å². The number of hydrogen-bond acceptors (Lipinski definition) is 10. The number of rotatable bonds is 10. The van der Waals surface area contributed by atoms with Gasteiger partial charge in [-0.15, -0.1) is 0 Å². The van der Waals surface area contributed by atoms with Crippen molar-refractivity contribution >= 4 is 27.6 Å². The molecule has 0 atom stereocenters. The van der Waals surface area contributed by atoms with Crippen molar-refractivity contribution in [2.45, 2.75) is 4.90 Å². The number of anilines is 1. The zero-order valence-corrected chi connectivity index (χ0v) is 23.7. The molecule has 1 N–H and O–H groups in total. The quantitative estimate of drug-likeness (QED) is 0.164. The van der Waals surface area contributed by atoms with Crippen LogP contribution in [-0.2, 0) is 14.8 Å². The summed E-state index contributed by atoms with van der Waals surface area (Å²) in [5.74, 6) is 1.09. The zero-order valence-electron chi connectivity index (χ0n) is 22.8. The second-order valence-corrected chi connectivity index (χ2v) is 11.0. The number of nitro benzene ring substituents is 1. The number of para-hydroxylation sites is 1. The molecule has 13 nitrogen and oxygen atoms in total. The van der Waals surface area contributed by atoms with Crippen LogP contribution in [0.5, 0.6) is 11.5 Å². The number of morpholine rings is 1. The molecule has 1 fully saturated rings. The number of ether oxygens (including phenoxy) is 3. The van der Waals surface area contributed by atoms with E-state index in [9.17, 15) is 18.5 Å². The van der Waals surface area contributed by atoms with E-state index < -0.39 is 14.9 Å². The number of sulfonamides is 1. The Morgan fingerprint density at radius 2 is 1.76 bits per heavy atom. The largest absolute Gasteiger partial charge is 0.493 e. The third-order valence-corrected chi connectivity index (χ3v) is 8.51. The molecule has 1 saturated heterocycles. The molecular formula is C28H28N6O7S. The number of methoxy groups -OCH3 is 2. The second kappa shape index (κ2) is 12.4. The van der Waals surface area contributed by atoms with Crippen LogP contribution in [0.25, 0.3) is 16.9 Å². The van der Waals surface area contributed by atoms with Gasteiger partial charge in [0.1, 0.15) is 10.6 Å². The van der Waals surface area contributed by atoms with Gasteiger partial charge >= 0.3 is 0 Å². The maximum Gasteiger partial charge on any atom is 0.270 e. The maximum absolute atomic E-state index is 13.4. The number of hydrogen-bond donors (Lipinski definition) is 1. The van der Waals surface area contributed by atoms with Crippen LogP contribution in [0.1, 0.15) is 5.56 Å². The first-order chi connectivity index (χ1) is 20.3. The minimum absolute atomic E-state index is 0.0893. The highest BCUT2D eigenvalue weighted by atomic mass is 32.2. The van der Waals surface area contributed by atoms with E-state index in [2.05, 4.69) is 10.5 Å². The Balaban J connectivity index is 1.52. The second-order valence-electron chi connectivity index (χ2n) is 9.11. The number of benzene rings is 3. The number of hydrazone groups is 1. The van der Waals surface area contributed by atoms with Crippen LogP contribution in [0.3, 0.4) is 0 Å². The van der Waals surface area contributed by atoms with Crippen molar-refractivity contribution in [3.8, 4) is 28.4 Å². The highest BCUT2D eigenvalue weighted by Gasteiger charge is 2.30. The van der Waals surface area contributed by atoms with Gasteiger partial charge in [-0.05, 0) is 36.4 Å². The first-order valence-electron chi connectivity index (χ1n) is 12.8. The minimum atomic E-state index is -4.07. The van der Waals surface area contributed by atoms with Crippen molar-refractivity contribution in [2.24, 2.45) is 5.10 Å². The van der Waals surface area contributed by atoms with Gasteiger partial charge in [0.05, 0.1) is 49.9 Å². The number of nitrogens with zero attached hydrogens (tertiary/aromatic N) is 5. The number of aromatic nitrogens is 2. The van der Waals surface area contributed by atoms with Gasteiger partial charge in [0.2, 0.25) is 10.0 Å². The third kappa shape index (κ3) is 5.95. The average Bonchev–Trinajstić information content (AvgIpc) is 3.45. The summed E-state index contributed by atoms with van der Waals surface area (Å²) >= 11 is 0. The SMILES string of the molecule is COc1ccc(-c2nn(-c3ccccc3)cc2/C=N/Nc2ccc([N+](=O)[O-])cc2S(=O)(=O)N2CCOCC2)cc1OC. The summed E-state index contributed by atoms with van der Waals surface area (Å²) in [6.45, 7) is 0.751. The molecule has 42 heavy (non-hydrogen) atoms. The number of nitro groups is 1. The molecule has 1 aliphatic rings. The Morgan fingerprint density at radius 1 is 1.02 bits per heavy atom. The smallest absolute Gasteiger partial charge is 0.270 e. The van der Waals surface area contributed by atoms with Crippen LogP contribution in [0.2, 0.25) is 0 Å². The van der Waals surface area contributed by atoms with Gasteiger partial charge in [0.15, 0.2) is 11.5 Å². The van der Waals surface area contributed by atoms with Crippen molar-refractivity contribution in [3.63, 3.8) is 0 Å².